The van der Waals surface area contributed by atoms with E-state index in [4.69, 9.17) is 14.2 Å². The zero-order valence-corrected chi connectivity index (χ0v) is 22.5. The molecule has 0 saturated heterocycles. The highest BCUT2D eigenvalue weighted by Gasteiger charge is 2.23. The molecule has 2 aromatic heterocycles. The quantitative estimate of drug-likeness (QED) is 0.263. The van der Waals surface area contributed by atoms with E-state index in [2.05, 4.69) is 17.1 Å². The molecule has 1 N–H and O–H groups in total. The Morgan fingerprint density at radius 3 is 2.45 bits per heavy atom. The Hall–Kier alpha value is -4.72. The van der Waals surface area contributed by atoms with Gasteiger partial charge in [-0.1, -0.05) is 61.0 Å². The third kappa shape index (κ3) is 5.25. The van der Waals surface area contributed by atoms with Gasteiger partial charge in [0, 0.05) is 17.5 Å². The molecule has 40 heavy (non-hydrogen) atoms. The zero-order chi connectivity index (χ0) is 27.6. The number of rotatable bonds is 9. The highest BCUT2D eigenvalue weighted by Crippen LogP contribution is 2.32. The van der Waals surface area contributed by atoms with Crippen molar-refractivity contribution >= 4 is 0 Å². The predicted molar refractivity (Wildman–Crippen MR) is 153 cm³/mol. The topological polar surface area (TPSA) is 103 Å². The molecule has 0 aliphatic heterocycles. The van der Waals surface area contributed by atoms with E-state index in [1.807, 2.05) is 79.7 Å². The van der Waals surface area contributed by atoms with Crippen molar-refractivity contribution in [1.29, 1.82) is 0 Å². The van der Waals surface area contributed by atoms with Gasteiger partial charge in [-0.2, -0.15) is 0 Å². The SMILES string of the molecule is CCCc1nc(C)n(-c2ccc(OC3CC3)cc2)c(=O)c1Cc1ccc(-c2ccccc2)c(-c2noc(=O)[nH]2)c1. The molecule has 0 spiro atoms. The summed E-state index contributed by atoms with van der Waals surface area (Å²) in [5.41, 5.74) is 5.62. The van der Waals surface area contributed by atoms with E-state index >= 15 is 0 Å². The summed E-state index contributed by atoms with van der Waals surface area (Å²) in [4.78, 5) is 33.4. The van der Waals surface area contributed by atoms with E-state index in [1.54, 1.807) is 4.57 Å². The lowest BCUT2D eigenvalue weighted by Crippen LogP contribution is -2.28. The lowest BCUT2D eigenvalue weighted by molar-refractivity contribution is 0.303. The third-order valence-electron chi connectivity index (χ3n) is 7.08. The Bertz CT molecular complexity index is 1760. The maximum atomic E-state index is 14.0. The number of aromatic amines is 1. The van der Waals surface area contributed by atoms with Crippen molar-refractivity contribution in [3.63, 3.8) is 0 Å². The Labute approximate surface area is 231 Å². The van der Waals surface area contributed by atoms with Gasteiger partial charge in [-0.25, -0.2) is 9.78 Å². The monoisotopic (exact) mass is 534 g/mol. The number of nitrogens with one attached hydrogen (secondary N) is 1. The van der Waals surface area contributed by atoms with Crippen molar-refractivity contribution in [3.05, 3.63) is 116 Å². The first-order chi connectivity index (χ1) is 19.5. The molecule has 202 valence electrons. The van der Waals surface area contributed by atoms with E-state index in [-0.39, 0.29) is 5.56 Å². The van der Waals surface area contributed by atoms with Crippen LogP contribution in [0.5, 0.6) is 5.75 Å². The molecule has 8 nitrogen and oxygen atoms in total. The first-order valence-corrected chi connectivity index (χ1v) is 13.6. The molecule has 0 amide bonds. The van der Waals surface area contributed by atoms with Crippen molar-refractivity contribution in [2.24, 2.45) is 0 Å². The number of nitrogens with zero attached hydrogens (tertiary/aromatic N) is 3. The van der Waals surface area contributed by atoms with Gasteiger partial charge < -0.3 is 4.74 Å². The Kier molecular flexibility index (Phi) is 6.90. The largest absolute Gasteiger partial charge is 0.490 e. The van der Waals surface area contributed by atoms with E-state index in [9.17, 15) is 9.59 Å². The average Bonchev–Trinajstić information content (AvgIpc) is 3.68. The van der Waals surface area contributed by atoms with Crippen LogP contribution in [0.2, 0.25) is 0 Å². The van der Waals surface area contributed by atoms with E-state index in [0.717, 1.165) is 58.6 Å². The standard InChI is InChI=1S/C32H30N4O4/c1-3-7-29-28(31(37)36(20(2)33-29)23-11-13-24(14-12-23)39-25-15-16-25)19-21-10-17-26(22-8-5-4-6-9-22)27(18-21)30-34-32(38)40-35-30/h4-6,8-14,17-18,25H,3,7,15-16,19H2,1-2H3,(H,34,35,38). The summed E-state index contributed by atoms with van der Waals surface area (Å²) >= 11 is 0. The average molecular weight is 535 g/mol. The molecule has 0 atom stereocenters. The molecule has 5 aromatic rings. The fourth-order valence-corrected chi connectivity index (χ4v) is 5.01. The fourth-order valence-electron chi connectivity index (χ4n) is 5.01. The van der Waals surface area contributed by atoms with E-state index < -0.39 is 5.76 Å². The molecule has 0 unspecified atom stereocenters. The number of H-pyrrole nitrogens is 1. The smallest absolute Gasteiger partial charge is 0.439 e. The van der Waals surface area contributed by atoms with Gasteiger partial charge in [-0.05, 0) is 73.2 Å². The Morgan fingerprint density at radius 2 is 1.77 bits per heavy atom. The fraction of sp³-hybridized carbons (Fsp3) is 0.250. The van der Waals surface area contributed by atoms with Crippen LogP contribution in [0.4, 0.5) is 0 Å². The molecular weight excluding hydrogens is 504 g/mol. The van der Waals surface area contributed by atoms with Gasteiger partial charge in [0.05, 0.1) is 17.5 Å². The van der Waals surface area contributed by atoms with Crippen LogP contribution in [-0.2, 0) is 12.8 Å². The molecule has 1 saturated carbocycles. The number of benzene rings is 3. The summed E-state index contributed by atoms with van der Waals surface area (Å²) in [6, 6.07) is 23.5. The van der Waals surface area contributed by atoms with Gasteiger partial charge in [0.25, 0.3) is 5.56 Å². The van der Waals surface area contributed by atoms with Crippen LogP contribution in [-0.4, -0.2) is 25.8 Å². The third-order valence-corrected chi connectivity index (χ3v) is 7.08. The molecule has 1 aliphatic carbocycles. The van der Waals surface area contributed by atoms with Crippen molar-refractivity contribution < 1.29 is 9.26 Å². The Balaban J connectivity index is 1.42. The molecule has 1 fully saturated rings. The zero-order valence-electron chi connectivity index (χ0n) is 22.5. The summed E-state index contributed by atoms with van der Waals surface area (Å²) in [7, 11) is 0. The van der Waals surface area contributed by atoms with Crippen molar-refractivity contribution in [2.75, 3.05) is 0 Å². The predicted octanol–water partition coefficient (Wildman–Crippen LogP) is 5.64. The van der Waals surface area contributed by atoms with Gasteiger partial charge >= 0.3 is 5.76 Å². The van der Waals surface area contributed by atoms with Gasteiger partial charge in [0.1, 0.15) is 11.6 Å². The van der Waals surface area contributed by atoms with Crippen LogP contribution < -0.4 is 16.1 Å². The van der Waals surface area contributed by atoms with Crippen LogP contribution >= 0.6 is 0 Å². The second-order valence-corrected chi connectivity index (χ2v) is 10.2. The van der Waals surface area contributed by atoms with Gasteiger partial charge in [0.15, 0.2) is 5.82 Å². The van der Waals surface area contributed by atoms with Gasteiger partial charge in [-0.15, -0.1) is 0 Å². The van der Waals surface area contributed by atoms with Crippen LogP contribution in [0.1, 0.15) is 48.8 Å². The molecule has 0 bridgehead atoms. The summed E-state index contributed by atoms with van der Waals surface area (Å²) in [6.45, 7) is 3.95. The van der Waals surface area contributed by atoms with Crippen molar-refractivity contribution in [3.8, 4) is 34.0 Å². The number of aromatic nitrogens is 4. The molecule has 8 heteroatoms. The molecular formula is C32H30N4O4. The highest BCUT2D eigenvalue weighted by molar-refractivity contribution is 5.81. The molecule has 6 rings (SSSR count). The van der Waals surface area contributed by atoms with E-state index in [1.165, 1.54) is 0 Å². The minimum atomic E-state index is -0.621. The van der Waals surface area contributed by atoms with Crippen LogP contribution in [0.3, 0.4) is 0 Å². The van der Waals surface area contributed by atoms with Crippen LogP contribution in [0.15, 0.2) is 86.9 Å². The maximum Gasteiger partial charge on any atom is 0.439 e. The van der Waals surface area contributed by atoms with Crippen molar-refractivity contribution in [1.82, 2.24) is 19.7 Å². The number of aryl methyl sites for hydroxylation is 2. The molecule has 0 radical (unpaired) electrons. The first-order valence-electron chi connectivity index (χ1n) is 13.6. The lowest BCUT2D eigenvalue weighted by Gasteiger charge is -2.16. The number of hydrogen-bond acceptors (Lipinski definition) is 6. The maximum absolute atomic E-state index is 14.0. The summed E-state index contributed by atoms with van der Waals surface area (Å²) in [5.74, 6) is 1.18. The van der Waals surface area contributed by atoms with Crippen LogP contribution in [0, 0.1) is 6.92 Å². The summed E-state index contributed by atoms with van der Waals surface area (Å²) < 4.78 is 12.4. The van der Waals surface area contributed by atoms with Crippen LogP contribution in [0.25, 0.3) is 28.2 Å². The normalized spacial score (nSPS) is 12.9. The van der Waals surface area contributed by atoms with E-state index in [0.29, 0.717) is 36.2 Å². The second-order valence-electron chi connectivity index (χ2n) is 10.2. The number of hydrogen-bond donors (Lipinski definition) is 1. The molecule has 1 aliphatic rings. The van der Waals surface area contributed by atoms with Gasteiger partial charge in [0.2, 0.25) is 0 Å². The first kappa shape index (κ1) is 25.6. The minimum Gasteiger partial charge on any atom is -0.490 e. The second kappa shape index (κ2) is 10.8. The van der Waals surface area contributed by atoms with Gasteiger partial charge in [-0.3, -0.25) is 18.9 Å². The summed E-state index contributed by atoms with van der Waals surface area (Å²) in [6.07, 6.45) is 4.44. The lowest BCUT2D eigenvalue weighted by atomic mass is 9.94. The number of ether oxygens (including phenoxy) is 1. The summed E-state index contributed by atoms with van der Waals surface area (Å²) in [5, 5.41) is 3.95. The highest BCUT2D eigenvalue weighted by atomic mass is 16.5. The molecule has 2 heterocycles. The van der Waals surface area contributed by atoms with Crippen molar-refractivity contribution in [2.45, 2.75) is 52.1 Å². The Morgan fingerprint density at radius 1 is 1.00 bits per heavy atom. The molecule has 3 aromatic carbocycles. The minimum absolute atomic E-state index is 0.0876.